The number of methoxy groups -OCH3 is 1. The van der Waals surface area contributed by atoms with Gasteiger partial charge in [-0.3, -0.25) is 9.59 Å². The fourth-order valence-electron chi connectivity index (χ4n) is 5.61. The van der Waals surface area contributed by atoms with Crippen LogP contribution in [0.2, 0.25) is 0 Å². The monoisotopic (exact) mass is 460 g/mol. The van der Waals surface area contributed by atoms with Gasteiger partial charge in [0.25, 0.3) is 0 Å². The van der Waals surface area contributed by atoms with Crippen LogP contribution in [0, 0.1) is 5.92 Å². The number of fused-ring (bicyclic) bond motifs is 2. The van der Waals surface area contributed by atoms with Crippen LogP contribution in [0.5, 0.6) is 11.5 Å². The number of para-hydroxylation sites is 2. The van der Waals surface area contributed by atoms with E-state index in [0.717, 1.165) is 67.0 Å². The van der Waals surface area contributed by atoms with E-state index in [4.69, 9.17) is 9.47 Å². The van der Waals surface area contributed by atoms with Crippen molar-refractivity contribution in [2.45, 2.75) is 45.3 Å². The predicted molar refractivity (Wildman–Crippen MR) is 132 cm³/mol. The van der Waals surface area contributed by atoms with Gasteiger partial charge in [0.1, 0.15) is 17.1 Å². The summed E-state index contributed by atoms with van der Waals surface area (Å²) in [7, 11) is 1.67. The number of carbonyl (C=O) groups is 2. The van der Waals surface area contributed by atoms with Crippen LogP contribution in [-0.4, -0.2) is 53.4 Å². The summed E-state index contributed by atoms with van der Waals surface area (Å²) < 4.78 is 14.2. The molecule has 0 bridgehead atoms. The molecule has 1 atom stereocenters. The number of ketones is 2. The van der Waals surface area contributed by atoms with Crippen molar-refractivity contribution in [3.8, 4) is 11.5 Å². The molecule has 2 aliphatic heterocycles. The molecule has 0 radical (unpaired) electrons. The summed E-state index contributed by atoms with van der Waals surface area (Å²) >= 11 is 0. The number of carbonyl (C=O) groups excluding carboxylic acids is 2. The Kier molecular flexibility index (Phi) is 5.94. The van der Waals surface area contributed by atoms with Gasteiger partial charge in [0.2, 0.25) is 0 Å². The van der Waals surface area contributed by atoms with E-state index in [0.29, 0.717) is 17.9 Å². The van der Waals surface area contributed by atoms with Gasteiger partial charge in [-0.2, -0.15) is 0 Å². The minimum atomic E-state index is -0.369. The standard InChI is InChI=1S/C28H32N2O4/c1-19(17-30-18-23(20(2)31)21-8-6-10-26(33-3)27(21)30)16-29-13-11-28(12-14-29)15-24(32)22-7-4-5-9-25(22)34-28/h4-10,18-19H,11-17H2,1-3H3/t19-/m1/s1. The highest BCUT2D eigenvalue weighted by molar-refractivity contribution is 6.08. The van der Waals surface area contributed by atoms with E-state index >= 15 is 0 Å². The smallest absolute Gasteiger partial charge is 0.170 e. The molecule has 0 amide bonds. The molecule has 1 fully saturated rings. The summed E-state index contributed by atoms with van der Waals surface area (Å²) in [5.41, 5.74) is 2.06. The highest BCUT2D eigenvalue weighted by atomic mass is 16.5. The molecule has 5 rings (SSSR count). The maximum absolute atomic E-state index is 12.7. The zero-order valence-electron chi connectivity index (χ0n) is 20.2. The van der Waals surface area contributed by atoms with Crippen molar-refractivity contribution < 1.29 is 19.1 Å². The maximum atomic E-state index is 12.7. The number of hydrogen-bond donors (Lipinski definition) is 0. The Morgan fingerprint density at radius 1 is 1.12 bits per heavy atom. The third-order valence-electron chi connectivity index (χ3n) is 7.30. The van der Waals surface area contributed by atoms with Gasteiger partial charge in [-0.25, -0.2) is 0 Å². The number of nitrogens with zero attached hydrogens (tertiary/aromatic N) is 2. The maximum Gasteiger partial charge on any atom is 0.170 e. The van der Waals surface area contributed by atoms with Crippen LogP contribution in [-0.2, 0) is 6.54 Å². The average molecular weight is 461 g/mol. The lowest BCUT2D eigenvalue weighted by atomic mass is 9.82. The van der Waals surface area contributed by atoms with Crippen molar-refractivity contribution in [3.05, 3.63) is 59.8 Å². The number of hydrogen-bond acceptors (Lipinski definition) is 5. The molecule has 34 heavy (non-hydrogen) atoms. The molecule has 0 saturated carbocycles. The Bertz CT molecular complexity index is 1240. The van der Waals surface area contributed by atoms with Crippen LogP contribution in [0.3, 0.4) is 0 Å². The molecule has 1 spiro atoms. The van der Waals surface area contributed by atoms with E-state index in [9.17, 15) is 9.59 Å². The molecule has 0 N–H and O–H groups in total. The van der Waals surface area contributed by atoms with Gasteiger partial charge < -0.3 is 18.9 Å². The lowest BCUT2D eigenvalue weighted by Gasteiger charge is -2.44. The molecular formula is C28H32N2O4. The summed E-state index contributed by atoms with van der Waals surface area (Å²) in [5.74, 6) is 2.16. The number of Topliss-reactive ketones (excluding diaryl/α,β-unsaturated/α-hetero) is 2. The summed E-state index contributed by atoms with van der Waals surface area (Å²) in [6.45, 7) is 7.43. The van der Waals surface area contributed by atoms with Crippen molar-refractivity contribution in [2.24, 2.45) is 5.92 Å². The van der Waals surface area contributed by atoms with Gasteiger partial charge in [-0.05, 0) is 31.0 Å². The third-order valence-corrected chi connectivity index (χ3v) is 7.30. The van der Waals surface area contributed by atoms with E-state index < -0.39 is 0 Å². The molecule has 178 valence electrons. The molecule has 1 aromatic heterocycles. The number of ether oxygens (including phenoxy) is 2. The number of aromatic nitrogens is 1. The molecule has 6 nitrogen and oxygen atoms in total. The van der Waals surface area contributed by atoms with Crippen molar-refractivity contribution in [1.82, 2.24) is 9.47 Å². The average Bonchev–Trinajstić information content (AvgIpc) is 3.19. The highest BCUT2D eigenvalue weighted by Crippen LogP contribution is 2.39. The fraction of sp³-hybridized carbons (Fsp3) is 0.429. The van der Waals surface area contributed by atoms with E-state index in [1.165, 1.54) is 0 Å². The molecule has 1 saturated heterocycles. The van der Waals surface area contributed by atoms with Crippen LogP contribution in [0.1, 0.15) is 53.8 Å². The second-order valence-electron chi connectivity index (χ2n) is 9.89. The van der Waals surface area contributed by atoms with E-state index in [2.05, 4.69) is 16.4 Å². The largest absolute Gasteiger partial charge is 0.495 e. The molecular weight excluding hydrogens is 428 g/mol. The van der Waals surface area contributed by atoms with Gasteiger partial charge in [0, 0.05) is 56.2 Å². The third kappa shape index (κ3) is 4.11. The Balaban J connectivity index is 1.26. The molecule has 2 aliphatic rings. The first-order valence-corrected chi connectivity index (χ1v) is 12.1. The number of piperidine rings is 1. The lowest BCUT2D eigenvalue weighted by molar-refractivity contribution is -0.0119. The topological polar surface area (TPSA) is 60.8 Å². The Morgan fingerprint density at radius 2 is 1.88 bits per heavy atom. The van der Waals surface area contributed by atoms with Crippen molar-refractivity contribution >= 4 is 22.5 Å². The van der Waals surface area contributed by atoms with Crippen LogP contribution in [0.25, 0.3) is 10.9 Å². The quantitative estimate of drug-likeness (QED) is 0.485. The first kappa shape index (κ1) is 22.7. The SMILES string of the molecule is COc1cccc2c(C(C)=O)cn(C[C@H](C)CN3CCC4(CC3)CC(=O)c3ccccc3O4)c12. The first-order chi connectivity index (χ1) is 16.4. The number of rotatable bonds is 6. The second kappa shape index (κ2) is 8.91. The van der Waals surface area contributed by atoms with Crippen molar-refractivity contribution in [3.63, 3.8) is 0 Å². The zero-order valence-corrected chi connectivity index (χ0v) is 20.2. The number of benzene rings is 2. The van der Waals surface area contributed by atoms with Crippen molar-refractivity contribution in [2.75, 3.05) is 26.7 Å². The summed E-state index contributed by atoms with van der Waals surface area (Å²) in [5, 5.41) is 0.943. The first-order valence-electron chi connectivity index (χ1n) is 12.1. The molecule has 6 heteroatoms. The minimum absolute atomic E-state index is 0.0644. The summed E-state index contributed by atoms with van der Waals surface area (Å²) in [4.78, 5) is 27.4. The van der Waals surface area contributed by atoms with Crippen LogP contribution < -0.4 is 9.47 Å². The molecule has 3 heterocycles. The normalized spacial score (nSPS) is 18.5. The Morgan fingerprint density at radius 3 is 2.62 bits per heavy atom. The van der Waals surface area contributed by atoms with E-state index in [1.807, 2.05) is 48.7 Å². The number of likely N-dealkylation sites (tertiary alicyclic amines) is 1. The van der Waals surface area contributed by atoms with Gasteiger partial charge in [0.05, 0.1) is 24.6 Å². The zero-order chi connectivity index (χ0) is 23.9. The van der Waals surface area contributed by atoms with Crippen molar-refractivity contribution in [1.29, 1.82) is 0 Å². The molecule has 0 aliphatic carbocycles. The van der Waals surface area contributed by atoms with Gasteiger partial charge in [-0.1, -0.05) is 31.2 Å². The van der Waals surface area contributed by atoms with Gasteiger partial charge >= 0.3 is 0 Å². The second-order valence-corrected chi connectivity index (χ2v) is 9.89. The van der Waals surface area contributed by atoms with E-state index in [-0.39, 0.29) is 17.2 Å². The summed E-state index contributed by atoms with van der Waals surface area (Å²) in [6, 6.07) is 13.5. The minimum Gasteiger partial charge on any atom is -0.495 e. The van der Waals surface area contributed by atoms with Gasteiger partial charge in [0.15, 0.2) is 11.6 Å². The Hall–Kier alpha value is -3.12. The van der Waals surface area contributed by atoms with Gasteiger partial charge in [-0.15, -0.1) is 0 Å². The lowest BCUT2D eigenvalue weighted by Crippen LogP contribution is -2.51. The van der Waals surface area contributed by atoms with E-state index in [1.54, 1.807) is 14.0 Å². The molecule has 0 unspecified atom stereocenters. The highest BCUT2D eigenvalue weighted by Gasteiger charge is 2.42. The Labute approximate surface area is 200 Å². The summed E-state index contributed by atoms with van der Waals surface area (Å²) in [6.07, 6.45) is 4.15. The van der Waals surface area contributed by atoms with Crippen LogP contribution in [0.15, 0.2) is 48.7 Å². The predicted octanol–water partition coefficient (Wildman–Crippen LogP) is 4.99. The van der Waals surface area contributed by atoms with Crippen LogP contribution >= 0.6 is 0 Å². The molecule has 2 aromatic carbocycles. The fourth-order valence-corrected chi connectivity index (χ4v) is 5.61. The van der Waals surface area contributed by atoms with Crippen LogP contribution in [0.4, 0.5) is 0 Å². The molecule has 3 aromatic rings.